The molecule has 1 aliphatic rings. The van der Waals surface area contributed by atoms with Crippen molar-refractivity contribution < 1.29 is 36.2 Å². The lowest BCUT2D eigenvalue weighted by atomic mass is 9.97. The Kier molecular flexibility index (Phi) is 6.54. The number of hydrogen-bond donors (Lipinski definition) is 1. The Balaban J connectivity index is 1.86. The maximum atomic E-state index is 13.4. The van der Waals surface area contributed by atoms with Gasteiger partial charge in [0.2, 0.25) is 5.88 Å². The Labute approximate surface area is 197 Å². The average molecular weight is 497 g/mol. The lowest BCUT2D eigenvalue weighted by Crippen LogP contribution is -2.48. The molecule has 0 amide bonds. The van der Waals surface area contributed by atoms with Crippen molar-refractivity contribution in [1.29, 1.82) is 0 Å². The molecule has 11 heteroatoms. The molecule has 35 heavy (non-hydrogen) atoms. The van der Waals surface area contributed by atoms with Crippen molar-refractivity contribution in [3.63, 3.8) is 0 Å². The summed E-state index contributed by atoms with van der Waals surface area (Å²) in [6, 6.07) is 15.0. The standard InChI is InChI=1S/C24H21F6N3O2/c1-35-22-11-5-10-21(31-22)33-13-19(15-6-4-7-16(12-15)23(25,26)27)32(14-20(34)24(28,29)30)17-8-2-3-9-18(17)33/h2-12,19-20,34H,13-14H2,1H3. The van der Waals surface area contributed by atoms with Crippen molar-refractivity contribution in [2.24, 2.45) is 0 Å². The zero-order valence-electron chi connectivity index (χ0n) is 18.4. The number of alkyl halides is 6. The Bertz CT molecular complexity index is 1180. The molecular weight excluding hydrogens is 476 g/mol. The van der Waals surface area contributed by atoms with E-state index in [1.807, 2.05) is 0 Å². The predicted molar refractivity (Wildman–Crippen MR) is 118 cm³/mol. The first-order valence-corrected chi connectivity index (χ1v) is 10.5. The van der Waals surface area contributed by atoms with Crippen LogP contribution in [0.2, 0.25) is 0 Å². The SMILES string of the molecule is COc1cccc(N2CC(c3cccc(C(F)(F)F)c3)N(CC(O)C(F)(F)F)c3ccccc32)n1. The summed E-state index contributed by atoms with van der Waals surface area (Å²) in [6.45, 7) is -0.885. The van der Waals surface area contributed by atoms with Gasteiger partial charge in [-0.2, -0.15) is 31.3 Å². The van der Waals surface area contributed by atoms with Crippen LogP contribution in [0.4, 0.5) is 43.5 Å². The largest absolute Gasteiger partial charge is 0.481 e. The molecule has 2 atom stereocenters. The molecular formula is C24H21F6N3O2. The number of pyridine rings is 1. The van der Waals surface area contributed by atoms with Gasteiger partial charge in [0.1, 0.15) is 5.82 Å². The number of rotatable bonds is 5. The molecule has 2 heterocycles. The molecule has 2 aromatic carbocycles. The Morgan fingerprint density at radius 3 is 2.31 bits per heavy atom. The van der Waals surface area contributed by atoms with Crippen LogP contribution in [-0.2, 0) is 6.18 Å². The zero-order valence-corrected chi connectivity index (χ0v) is 18.4. The quantitative estimate of drug-likeness (QED) is 0.457. The van der Waals surface area contributed by atoms with Crippen molar-refractivity contribution in [2.45, 2.75) is 24.5 Å². The molecule has 0 saturated heterocycles. The van der Waals surface area contributed by atoms with Gasteiger partial charge in [-0.25, -0.2) is 0 Å². The third-order valence-corrected chi connectivity index (χ3v) is 5.75. The van der Waals surface area contributed by atoms with Crippen LogP contribution in [0.15, 0.2) is 66.7 Å². The monoisotopic (exact) mass is 497 g/mol. The zero-order chi connectivity index (χ0) is 25.4. The van der Waals surface area contributed by atoms with Gasteiger partial charge in [0.15, 0.2) is 6.10 Å². The van der Waals surface area contributed by atoms with Crippen LogP contribution in [0.25, 0.3) is 0 Å². The molecule has 186 valence electrons. The maximum Gasteiger partial charge on any atom is 0.416 e. The fourth-order valence-electron chi connectivity index (χ4n) is 4.08. The molecule has 0 spiro atoms. The smallest absolute Gasteiger partial charge is 0.416 e. The van der Waals surface area contributed by atoms with Crippen molar-refractivity contribution in [3.05, 3.63) is 77.9 Å². The molecule has 1 aromatic heterocycles. The van der Waals surface area contributed by atoms with Gasteiger partial charge < -0.3 is 19.6 Å². The van der Waals surface area contributed by atoms with Crippen LogP contribution in [0.5, 0.6) is 5.88 Å². The van der Waals surface area contributed by atoms with Crippen LogP contribution in [0, 0.1) is 0 Å². The highest BCUT2D eigenvalue weighted by atomic mass is 19.4. The Morgan fingerprint density at radius 1 is 0.971 bits per heavy atom. The van der Waals surface area contributed by atoms with Crippen LogP contribution in [-0.4, -0.2) is 42.6 Å². The third kappa shape index (κ3) is 5.14. The highest BCUT2D eigenvalue weighted by Gasteiger charge is 2.43. The summed E-state index contributed by atoms with van der Waals surface area (Å²) in [5, 5.41) is 9.87. The van der Waals surface area contributed by atoms with Gasteiger partial charge in [0.05, 0.1) is 36.6 Å². The maximum absolute atomic E-state index is 13.4. The number of benzene rings is 2. The van der Waals surface area contributed by atoms with Crippen LogP contribution in [0.1, 0.15) is 17.2 Å². The minimum atomic E-state index is -4.90. The molecule has 5 nitrogen and oxygen atoms in total. The second-order valence-corrected chi connectivity index (χ2v) is 7.99. The van der Waals surface area contributed by atoms with Gasteiger partial charge in [-0.05, 0) is 35.9 Å². The van der Waals surface area contributed by atoms with Crippen LogP contribution < -0.4 is 14.5 Å². The molecule has 0 bridgehead atoms. The first-order valence-electron chi connectivity index (χ1n) is 10.5. The number of para-hydroxylation sites is 2. The lowest BCUT2D eigenvalue weighted by Gasteiger charge is -2.45. The minimum Gasteiger partial charge on any atom is -0.481 e. The number of halogens is 6. The van der Waals surface area contributed by atoms with Crippen molar-refractivity contribution in [3.8, 4) is 5.88 Å². The number of β-amino-alcohol motifs (C(OH)–C–C–N with tert-alkyl or cyclic N) is 1. The van der Waals surface area contributed by atoms with E-state index in [1.54, 1.807) is 47.4 Å². The van der Waals surface area contributed by atoms with Gasteiger partial charge in [0, 0.05) is 12.6 Å². The van der Waals surface area contributed by atoms with Gasteiger partial charge >= 0.3 is 12.4 Å². The van der Waals surface area contributed by atoms with Crippen molar-refractivity contribution in [2.75, 3.05) is 30.0 Å². The van der Waals surface area contributed by atoms with E-state index in [-0.39, 0.29) is 12.1 Å². The predicted octanol–water partition coefficient (Wildman–Crippen LogP) is 5.73. The topological polar surface area (TPSA) is 48.8 Å². The van der Waals surface area contributed by atoms with E-state index >= 15 is 0 Å². The van der Waals surface area contributed by atoms with Gasteiger partial charge in [0.25, 0.3) is 0 Å². The Morgan fingerprint density at radius 2 is 1.66 bits per heavy atom. The molecule has 0 radical (unpaired) electrons. The third-order valence-electron chi connectivity index (χ3n) is 5.75. The summed E-state index contributed by atoms with van der Waals surface area (Å²) < 4.78 is 85.3. The molecule has 0 aliphatic carbocycles. The van der Waals surface area contributed by atoms with Crippen LogP contribution >= 0.6 is 0 Å². The number of ether oxygens (including phenoxy) is 1. The number of aliphatic hydroxyl groups is 1. The van der Waals surface area contributed by atoms with E-state index in [0.29, 0.717) is 23.1 Å². The summed E-state index contributed by atoms with van der Waals surface area (Å²) in [5.74, 6) is 0.704. The molecule has 4 rings (SSSR count). The molecule has 0 saturated carbocycles. The Hall–Kier alpha value is -3.47. The number of anilines is 3. The van der Waals surface area contributed by atoms with E-state index in [9.17, 15) is 31.4 Å². The lowest BCUT2D eigenvalue weighted by molar-refractivity contribution is -0.200. The van der Waals surface area contributed by atoms with E-state index in [0.717, 1.165) is 12.1 Å². The second-order valence-electron chi connectivity index (χ2n) is 7.99. The van der Waals surface area contributed by atoms with Crippen LogP contribution in [0.3, 0.4) is 0 Å². The number of methoxy groups -OCH3 is 1. The van der Waals surface area contributed by atoms with Crippen molar-refractivity contribution >= 4 is 17.2 Å². The number of fused-ring (bicyclic) bond motifs is 1. The van der Waals surface area contributed by atoms with Crippen molar-refractivity contribution in [1.82, 2.24) is 4.98 Å². The summed E-state index contributed by atoms with van der Waals surface area (Å²) in [7, 11) is 1.43. The number of aromatic nitrogens is 1. The summed E-state index contributed by atoms with van der Waals surface area (Å²) in [4.78, 5) is 7.40. The van der Waals surface area contributed by atoms with E-state index < -0.39 is 36.6 Å². The fraction of sp³-hybridized carbons (Fsp3) is 0.292. The second kappa shape index (κ2) is 9.29. The first-order chi connectivity index (χ1) is 16.5. The number of aliphatic hydroxyl groups excluding tert-OH is 1. The average Bonchev–Trinajstić information content (AvgIpc) is 2.83. The summed E-state index contributed by atoms with van der Waals surface area (Å²) in [5.41, 5.74) is 0.0350. The van der Waals surface area contributed by atoms with Gasteiger partial charge in [-0.3, -0.25) is 0 Å². The normalized spacial score (nSPS) is 17.2. The van der Waals surface area contributed by atoms with E-state index in [4.69, 9.17) is 4.74 Å². The molecule has 3 aromatic rings. The molecule has 1 N–H and O–H groups in total. The summed E-state index contributed by atoms with van der Waals surface area (Å²) >= 11 is 0. The van der Waals surface area contributed by atoms with Gasteiger partial charge in [-0.15, -0.1) is 0 Å². The first kappa shape index (κ1) is 24.6. The van der Waals surface area contributed by atoms with Gasteiger partial charge in [-0.1, -0.05) is 30.3 Å². The number of hydrogen-bond acceptors (Lipinski definition) is 5. The molecule has 1 aliphatic heterocycles. The van der Waals surface area contributed by atoms with E-state index in [1.165, 1.54) is 24.1 Å². The highest BCUT2D eigenvalue weighted by Crippen LogP contribution is 2.45. The summed E-state index contributed by atoms with van der Waals surface area (Å²) in [6.07, 6.45) is -12.2. The molecule has 2 unspecified atom stereocenters. The number of nitrogens with zero attached hydrogens (tertiary/aromatic N) is 3. The highest BCUT2D eigenvalue weighted by molar-refractivity contribution is 5.79. The minimum absolute atomic E-state index is 0.0247. The van der Waals surface area contributed by atoms with E-state index in [2.05, 4.69) is 4.98 Å². The fourth-order valence-corrected chi connectivity index (χ4v) is 4.08. The molecule has 0 fully saturated rings.